The van der Waals surface area contributed by atoms with Gasteiger partial charge in [-0.05, 0) is 36.8 Å². The van der Waals surface area contributed by atoms with Crippen molar-refractivity contribution in [2.75, 3.05) is 17.7 Å². The number of ether oxygens (including phenoxy) is 1. The van der Waals surface area contributed by atoms with E-state index >= 15 is 0 Å². The molecule has 0 aromatic heterocycles. The number of rotatable bonds is 4. The third-order valence-electron chi connectivity index (χ3n) is 4.01. The highest BCUT2D eigenvalue weighted by atomic mass is 32.2. The van der Waals surface area contributed by atoms with Gasteiger partial charge in [0.2, 0.25) is 11.8 Å². The number of esters is 1. The predicted octanol–water partition coefficient (Wildman–Crippen LogP) is 3.22. The molecule has 0 aliphatic carbocycles. The Bertz CT molecular complexity index is 882. The molecule has 2 amide bonds. The van der Waals surface area contributed by atoms with Crippen molar-refractivity contribution in [3.63, 3.8) is 0 Å². The van der Waals surface area contributed by atoms with Crippen molar-refractivity contribution in [1.82, 2.24) is 0 Å². The summed E-state index contributed by atoms with van der Waals surface area (Å²) in [5, 5.41) is 5.10. The first kappa shape index (κ1) is 18.0. The maximum absolute atomic E-state index is 12.4. The molecule has 2 aromatic rings. The first-order chi connectivity index (χ1) is 12.5. The Morgan fingerprint density at radius 3 is 2.77 bits per heavy atom. The molecule has 2 aromatic carbocycles. The SMILES string of the molecule is COC(=O)c1ccc(C)c(NC(=O)C[C@H]2Sc3ccccc3NC2=O)c1. The molecule has 2 N–H and O–H groups in total. The largest absolute Gasteiger partial charge is 0.465 e. The molecule has 26 heavy (non-hydrogen) atoms. The molecule has 6 nitrogen and oxygen atoms in total. The molecule has 0 saturated carbocycles. The van der Waals surface area contributed by atoms with Crippen LogP contribution in [-0.4, -0.2) is 30.1 Å². The Hall–Kier alpha value is -2.80. The molecule has 1 aliphatic heterocycles. The molecule has 1 heterocycles. The fourth-order valence-electron chi connectivity index (χ4n) is 2.60. The van der Waals surface area contributed by atoms with Gasteiger partial charge in [0.25, 0.3) is 0 Å². The monoisotopic (exact) mass is 370 g/mol. The summed E-state index contributed by atoms with van der Waals surface area (Å²) >= 11 is 1.37. The molecular formula is C19H18N2O4S. The summed E-state index contributed by atoms with van der Waals surface area (Å²) in [7, 11) is 1.30. The normalized spacial score (nSPS) is 15.6. The number of carbonyl (C=O) groups excluding carboxylic acids is 3. The number of hydrogen-bond donors (Lipinski definition) is 2. The fourth-order valence-corrected chi connectivity index (χ4v) is 3.71. The number of aryl methyl sites for hydroxylation is 1. The standard InChI is InChI=1S/C19H18N2O4S/c1-11-7-8-12(19(24)25-2)9-14(11)20-17(22)10-16-18(23)21-13-5-3-4-6-15(13)26-16/h3-9,16H,10H2,1-2H3,(H,20,22)(H,21,23)/t16-/m1/s1. The number of para-hydroxylation sites is 1. The Labute approximate surface area is 155 Å². The Morgan fingerprint density at radius 1 is 1.23 bits per heavy atom. The number of hydrogen-bond acceptors (Lipinski definition) is 5. The highest BCUT2D eigenvalue weighted by Crippen LogP contribution is 2.36. The van der Waals surface area contributed by atoms with Gasteiger partial charge < -0.3 is 15.4 Å². The molecule has 0 spiro atoms. The molecule has 7 heteroatoms. The topological polar surface area (TPSA) is 84.5 Å². The van der Waals surface area contributed by atoms with Crippen LogP contribution in [0.4, 0.5) is 11.4 Å². The molecule has 134 valence electrons. The van der Waals surface area contributed by atoms with E-state index in [2.05, 4.69) is 10.6 Å². The summed E-state index contributed by atoms with van der Waals surface area (Å²) in [6.07, 6.45) is 0.0345. The van der Waals surface area contributed by atoms with E-state index < -0.39 is 11.2 Å². The summed E-state index contributed by atoms with van der Waals surface area (Å²) in [6, 6.07) is 12.4. The Balaban J connectivity index is 1.70. The third kappa shape index (κ3) is 3.88. The second kappa shape index (κ2) is 7.61. The summed E-state index contributed by atoms with van der Waals surface area (Å²) in [5.41, 5.74) is 2.46. The number of carbonyl (C=O) groups is 3. The maximum Gasteiger partial charge on any atom is 0.337 e. The first-order valence-electron chi connectivity index (χ1n) is 8.03. The summed E-state index contributed by atoms with van der Waals surface area (Å²) in [5.74, 6) is -0.953. The van der Waals surface area contributed by atoms with Crippen LogP contribution in [0.1, 0.15) is 22.3 Å². The van der Waals surface area contributed by atoms with E-state index in [1.54, 1.807) is 18.2 Å². The van der Waals surface area contributed by atoms with Crippen LogP contribution in [0.3, 0.4) is 0 Å². The van der Waals surface area contributed by atoms with E-state index in [4.69, 9.17) is 4.74 Å². The van der Waals surface area contributed by atoms with Crippen LogP contribution in [0, 0.1) is 6.92 Å². The quantitative estimate of drug-likeness (QED) is 0.807. The lowest BCUT2D eigenvalue weighted by atomic mass is 10.1. The van der Waals surface area contributed by atoms with Gasteiger partial charge in [-0.2, -0.15) is 0 Å². The molecule has 3 rings (SSSR count). The molecule has 0 bridgehead atoms. The molecule has 0 saturated heterocycles. The van der Waals surface area contributed by atoms with Crippen LogP contribution in [0.15, 0.2) is 47.4 Å². The summed E-state index contributed by atoms with van der Waals surface area (Å²) < 4.78 is 4.70. The summed E-state index contributed by atoms with van der Waals surface area (Å²) in [4.78, 5) is 37.2. The van der Waals surface area contributed by atoms with E-state index in [9.17, 15) is 14.4 Å². The maximum atomic E-state index is 12.4. The Kier molecular flexibility index (Phi) is 5.27. The van der Waals surface area contributed by atoms with E-state index in [1.165, 1.54) is 18.9 Å². The van der Waals surface area contributed by atoms with Crippen LogP contribution in [-0.2, 0) is 14.3 Å². The number of anilines is 2. The van der Waals surface area contributed by atoms with Gasteiger partial charge in [-0.1, -0.05) is 18.2 Å². The zero-order valence-corrected chi connectivity index (χ0v) is 15.2. The van der Waals surface area contributed by atoms with Crippen molar-refractivity contribution in [3.8, 4) is 0 Å². The van der Waals surface area contributed by atoms with Gasteiger partial charge in [-0.3, -0.25) is 9.59 Å². The first-order valence-corrected chi connectivity index (χ1v) is 8.91. The van der Waals surface area contributed by atoms with Gasteiger partial charge in [0.15, 0.2) is 0 Å². The van der Waals surface area contributed by atoms with Crippen molar-refractivity contribution in [2.45, 2.75) is 23.5 Å². The van der Waals surface area contributed by atoms with Crippen molar-refractivity contribution in [3.05, 3.63) is 53.6 Å². The summed E-state index contributed by atoms with van der Waals surface area (Å²) in [6.45, 7) is 1.83. The van der Waals surface area contributed by atoms with E-state index in [1.807, 2.05) is 31.2 Å². The van der Waals surface area contributed by atoms with E-state index in [0.717, 1.165) is 16.1 Å². The predicted molar refractivity (Wildman–Crippen MR) is 100 cm³/mol. The lowest BCUT2D eigenvalue weighted by Crippen LogP contribution is -2.32. The van der Waals surface area contributed by atoms with Gasteiger partial charge in [0, 0.05) is 17.0 Å². The number of nitrogens with one attached hydrogen (secondary N) is 2. The fraction of sp³-hybridized carbons (Fsp3) is 0.211. The second-order valence-corrected chi connectivity index (χ2v) is 7.11. The minimum Gasteiger partial charge on any atom is -0.465 e. The van der Waals surface area contributed by atoms with E-state index in [-0.39, 0.29) is 18.2 Å². The minimum absolute atomic E-state index is 0.0345. The lowest BCUT2D eigenvalue weighted by molar-refractivity contribution is -0.120. The highest BCUT2D eigenvalue weighted by molar-refractivity contribution is 8.01. The van der Waals surface area contributed by atoms with Crippen molar-refractivity contribution in [2.24, 2.45) is 0 Å². The second-order valence-electron chi connectivity index (χ2n) is 5.87. The van der Waals surface area contributed by atoms with Crippen LogP contribution in [0.25, 0.3) is 0 Å². The van der Waals surface area contributed by atoms with Gasteiger partial charge in [0.05, 0.1) is 23.6 Å². The van der Waals surface area contributed by atoms with Crippen LogP contribution in [0.5, 0.6) is 0 Å². The van der Waals surface area contributed by atoms with Gasteiger partial charge >= 0.3 is 5.97 Å². The molecule has 0 unspecified atom stereocenters. The van der Waals surface area contributed by atoms with E-state index in [0.29, 0.717) is 11.3 Å². The Morgan fingerprint density at radius 2 is 2.00 bits per heavy atom. The van der Waals surface area contributed by atoms with Gasteiger partial charge in [0.1, 0.15) is 0 Å². The number of fused-ring (bicyclic) bond motifs is 1. The zero-order valence-electron chi connectivity index (χ0n) is 14.4. The molecule has 1 atom stereocenters. The van der Waals surface area contributed by atoms with Gasteiger partial charge in [-0.15, -0.1) is 11.8 Å². The number of amides is 2. The van der Waals surface area contributed by atoms with Crippen molar-refractivity contribution in [1.29, 1.82) is 0 Å². The van der Waals surface area contributed by atoms with Crippen LogP contribution >= 0.6 is 11.8 Å². The smallest absolute Gasteiger partial charge is 0.337 e. The van der Waals surface area contributed by atoms with Crippen LogP contribution < -0.4 is 10.6 Å². The number of thioether (sulfide) groups is 1. The zero-order chi connectivity index (χ0) is 18.7. The van der Waals surface area contributed by atoms with Crippen molar-refractivity contribution < 1.29 is 19.1 Å². The molecular weight excluding hydrogens is 352 g/mol. The average Bonchev–Trinajstić information content (AvgIpc) is 2.63. The lowest BCUT2D eigenvalue weighted by Gasteiger charge is -2.23. The number of benzene rings is 2. The molecule has 0 radical (unpaired) electrons. The average molecular weight is 370 g/mol. The molecule has 1 aliphatic rings. The van der Waals surface area contributed by atoms with Gasteiger partial charge in [-0.25, -0.2) is 4.79 Å². The number of methoxy groups -OCH3 is 1. The molecule has 0 fully saturated rings. The highest BCUT2D eigenvalue weighted by Gasteiger charge is 2.29. The third-order valence-corrected chi connectivity index (χ3v) is 5.29. The minimum atomic E-state index is -0.506. The van der Waals surface area contributed by atoms with Crippen molar-refractivity contribution >= 4 is 40.9 Å². The van der Waals surface area contributed by atoms with Crippen LogP contribution in [0.2, 0.25) is 0 Å².